The molecule has 0 aromatic heterocycles. The fourth-order valence-electron chi connectivity index (χ4n) is 5.02. The van der Waals surface area contributed by atoms with E-state index >= 15 is 0 Å². The van der Waals surface area contributed by atoms with E-state index in [4.69, 9.17) is 18.9 Å². The Labute approximate surface area is 181 Å². The first-order valence-electron chi connectivity index (χ1n) is 11.4. The van der Waals surface area contributed by atoms with Crippen molar-refractivity contribution in [1.82, 2.24) is 4.90 Å². The van der Waals surface area contributed by atoms with Crippen molar-refractivity contribution in [1.29, 1.82) is 0 Å². The van der Waals surface area contributed by atoms with E-state index in [-0.39, 0.29) is 0 Å². The Bertz CT molecular complexity index is 596. The van der Waals surface area contributed by atoms with Gasteiger partial charge in [-0.3, -0.25) is 0 Å². The molecule has 2 aliphatic rings. The SMILES string of the molecule is COCCOCCOCCOC1CCC2C(CCN(C)C2Cc2ccc(O)cc2)C1. The van der Waals surface area contributed by atoms with E-state index in [1.165, 1.54) is 24.8 Å². The molecule has 170 valence electrons. The average molecular weight is 422 g/mol. The van der Waals surface area contributed by atoms with Crippen LogP contribution in [0.2, 0.25) is 0 Å². The lowest BCUT2D eigenvalue weighted by atomic mass is 9.69. The van der Waals surface area contributed by atoms with E-state index in [0.717, 1.165) is 31.2 Å². The van der Waals surface area contributed by atoms with Crippen molar-refractivity contribution in [2.24, 2.45) is 11.8 Å². The Morgan fingerprint density at radius 1 is 0.933 bits per heavy atom. The molecule has 1 saturated heterocycles. The highest BCUT2D eigenvalue weighted by Gasteiger charge is 2.40. The van der Waals surface area contributed by atoms with Crippen molar-refractivity contribution < 1.29 is 24.1 Å². The molecule has 1 heterocycles. The fourth-order valence-corrected chi connectivity index (χ4v) is 5.02. The van der Waals surface area contributed by atoms with Crippen LogP contribution in [0.5, 0.6) is 5.75 Å². The number of likely N-dealkylation sites (tertiary alicyclic amines) is 1. The zero-order valence-corrected chi connectivity index (χ0v) is 18.6. The minimum atomic E-state index is 0.342. The summed E-state index contributed by atoms with van der Waals surface area (Å²) in [7, 11) is 3.94. The first-order chi connectivity index (χ1) is 14.7. The van der Waals surface area contributed by atoms with Gasteiger partial charge in [0.1, 0.15) is 5.75 Å². The summed E-state index contributed by atoms with van der Waals surface area (Å²) in [5.74, 6) is 1.82. The van der Waals surface area contributed by atoms with Gasteiger partial charge in [-0.25, -0.2) is 0 Å². The van der Waals surface area contributed by atoms with Crippen molar-refractivity contribution in [2.45, 2.75) is 44.2 Å². The monoisotopic (exact) mass is 421 g/mol. The number of fused-ring (bicyclic) bond motifs is 1. The molecule has 1 N–H and O–H groups in total. The van der Waals surface area contributed by atoms with E-state index < -0.39 is 0 Å². The molecule has 3 rings (SSSR count). The fraction of sp³-hybridized carbons (Fsp3) is 0.750. The highest BCUT2D eigenvalue weighted by molar-refractivity contribution is 5.26. The lowest BCUT2D eigenvalue weighted by molar-refractivity contribution is -0.0598. The molecule has 30 heavy (non-hydrogen) atoms. The lowest BCUT2D eigenvalue weighted by Crippen LogP contribution is -2.51. The van der Waals surface area contributed by atoms with Crippen LogP contribution in [0.3, 0.4) is 0 Å². The third-order valence-corrected chi connectivity index (χ3v) is 6.67. The number of phenolic OH excluding ortho intramolecular Hbond substituents is 1. The topological polar surface area (TPSA) is 60.4 Å². The maximum Gasteiger partial charge on any atom is 0.115 e. The molecule has 4 unspecified atom stereocenters. The molecule has 2 fully saturated rings. The van der Waals surface area contributed by atoms with Crippen LogP contribution in [0.15, 0.2) is 24.3 Å². The number of hydrogen-bond acceptors (Lipinski definition) is 6. The second kappa shape index (κ2) is 12.6. The molecule has 1 saturated carbocycles. The third kappa shape index (κ3) is 7.20. The van der Waals surface area contributed by atoms with Crippen LogP contribution in [0.1, 0.15) is 31.2 Å². The molecule has 0 amide bonds. The first-order valence-corrected chi connectivity index (χ1v) is 11.4. The highest BCUT2D eigenvalue weighted by atomic mass is 16.6. The van der Waals surface area contributed by atoms with Gasteiger partial charge in [-0.15, -0.1) is 0 Å². The summed E-state index contributed by atoms with van der Waals surface area (Å²) in [6.07, 6.45) is 6.24. The molecule has 1 aliphatic carbocycles. The van der Waals surface area contributed by atoms with Crippen LogP contribution in [0.25, 0.3) is 0 Å². The average Bonchev–Trinajstić information content (AvgIpc) is 2.76. The summed E-state index contributed by atoms with van der Waals surface area (Å²) < 4.78 is 22.1. The number of aromatic hydroxyl groups is 1. The number of methoxy groups -OCH3 is 1. The summed E-state index contributed by atoms with van der Waals surface area (Å²) in [6.45, 7) is 4.90. The number of ether oxygens (including phenoxy) is 4. The standard InChI is InChI=1S/C24H39NO5/c1-25-10-9-20-18-22(30-16-15-29-14-13-28-12-11-27-2)7-8-23(20)24(25)17-19-3-5-21(26)6-4-19/h3-6,20,22-24,26H,7-18H2,1-2H3. The predicted octanol–water partition coefficient (Wildman–Crippen LogP) is 3.12. The molecule has 6 heteroatoms. The predicted molar refractivity (Wildman–Crippen MR) is 117 cm³/mol. The number of likely N-dealkylation sites (N-methyl/N-ethyl adjacent to an activating group) is 1. The summed E-state index contributed by atoms with van der Waals surface area (Å²) in [6, 6.07) is 8.30. The molecule has 1 aliphatic heterocycles. The van der Waals surface area contributed by atoms with Crippen molar-refractivity contribution >= 4 is 0 Å². The summed E-state index contributed by atoms with van der Waals surface area (Å²) in [5.41, 5.74) is 1.31. The quantitative estimate of drug-likeness (QED) is 0.523. The van der Waals surface area contributed by atoms with Gasteiger partial charge in [-0.2, -0.15) is 0 Å². The Kier molecular flexibility index (Phi) is 9.88. The van der Waals surface area contributed by atoms with Gasteiger partial charge in [0.05, 0.1) is 45.7 Å². The summed E-state index contributed by atoms with van der Waals surface area (Å²) >= 11 is 0. The Morgan fingerprint density at radius 3 is 2.37 bits per heavy atom. The second-order valence-electron chi connectivity index (χ2n) is 8.65. The molecule has 6 nitrogen and oxygen atoms in total. The Morgan fingerprint density at radius 2 is 1.63 bits per heavy atom. The van der Waals surface area contributed by atoms with Gasteiger partial charge in [-0.05, 0) is 75.2 Å². The normalized spacial score (nSPS) is 27.1. The van der Waals surface area contributed by atoms with E-state index in [1.54, 1.807) is 19.2 Å². The first kappa shape index (κ1) is 23.5. The van der Waals surface area contributed by atoms with Crippen LogP contribution in [0.4, 0.5) is 0 Å². The highest BCUT2D eigenvalue weighted by Crippen LogP contribution is 2.41. The van der Waals surface area contributed by atoms with Crippen molar-refractivity contribution in [3.05, 3.63) is 29.8 Å². The zero-order valence-electron chi connectivity index (χ0n) is 18.6. The number of rotatable bonds is 12. The van der Waals surface area contributed by atoms with Crippen LogP contribution in [-0.4, -0.2) is 82.5 Å². The van der Waals surface area contributed by atoms with E-state index in [1.807, 2.05) is 0 Å². The summed E-state index contributed by atoms with van der Waals surface area (Å²) in [5, 5.41) is 9.55. The smallest absolute Gasteiger partial charge is 0.115 e. The number of phenols is 1. The molecular formula is C24H39NO5. The van der Waals surface area contributed by atoms with Crippen LogP contribution in [-0.2, 0) is 25.4 Å². The van der Waals surface area contributed by atoms with Gasteiger partial charge >= 0.3 is 0 Å². The van der Waals surface area contributed by atoms with Crippen LogP contribution in [0, 0.1) is 11.8 Å². The van der Waals surface area contributed by atoms with Gasteiger partial charge in [0.25, 0.3) is 0 Å². The van der Waals surface area contributed by atoms with Gasteiger partial charge in [0.2, 0.25) is 0 Å². The summed E-state index contributed by atoms with van der Waals surface area (Å²) in [4.78, 5) is 2.54. The largest absolute Gasteiger partial charge is 0.508 e. The number of hydrogen-bond donors (Lipinski definition) is 1. The second-order valence-corrected chi connectivity index (χ2v) is 8.65. The Balaban J connectivity index is 1.36. The molecular weight excluding hydrogens is 382 g/mol. The maximum absolute atomic E-state index is 9.55. The van der Waals surface area contributed by atoms with Crippen LogP contribution >= 0.6 is 0 Å². The van der Waals surface area contributed by atoms with E-state index in [2.05, 4.69) is 24.1 Å². The number of nitrogens with zero attached hydrogens (tertiary/aromatic N) is 1. The van der Waals surface area contributed by atoms with Gasteiger partial charge < -0.3 is 29.0 Å². The minimum absolute atomic E-state index is 0.342. The van der Waals surface area contributed by atoms with Crippen molar-refractivity contribution in [2.75, 3.05) is 60.3 Å². The number of piperidine rings is 1. The Hall–Kier alpha value is -1.18. The van der Waals surface area contributed by atoms with Crippen LogP contribution < -0.4 is 0 Å². The molecule has 1 aromatic rings. The van der Waals surface area contributed by atoms with Gasteiger partial charge in [-0.1, -0.05) is 12.1 Å². The third-order valence-electron chi connectivity index (χ3n) is 6.67. The van der Waals surface area contributed by atoms with Gasteiger partial charge in [0.15, 0.2) is 0 Å². The van der Waals surface area contributed by atoms with Gasteiger partial charge in [0, 0.05) is 13.2 Å². The van der Waals surface area contributed by atoms with E-state index in [9.17, 15) is 5.11 Å². The maximum atomic E-state index is 9.55. The molecule has 0 bridgehead atoms. The van der Waals surface area contributed by atoms with Crippen molar-refractivity contribution in [3.8, 4) is 5.75 Å². The molecule has 1 aromatic carbocycles. The molecule has 0 spiro atoms. The van der Waals surface area contributed by atoms with Crippen molar-refractivity contribution in [3.63, 3.8) is 0 Å². The lowest BCUT2D eigenvalue weighted by Gasteiger charge is -2.48. The van der Waals surface area contributed by atoms with E-state index in [0.29, 0.717) is 57.5 Å². The zero-order chi connectivity index (χ0) is 21.2. The molecule has 0 radical (unpaired) electrons. The number of benzene rings is 1. The minimum Gasteiger partial charge on any atom is -0.508 e. The molecule has 4 atom stereocenters.